The summed E-state index contributed by atoms with van der Waals surface area (Å²) in [4.78, 5) is 10.0. The number of carboxylic acid groups (broad SMARTS) is 1. The van der Waals surface area contributed by atoms with Crippen LogP contribution in [0.25, 0.3) is 0 Å². The predicted octanol–water partition coefficient (Wildman–Crippen LogP) is 2.21. The van der Waals surface area contributed by atoms with E-state index >= 15 is 0 Å². The first-order valence-corrected chi connectivity index (χ1v) is 6.20. The van der Waals surface area contributed by atoms with E-state index in [2.05, 4.69) is 6.92 Å². The van der Waals surface area contributed by atoms with Gasteiger partial charge in [-0.05, 0) is 24.3 Å². The van der Waals surface area contributed by atoms with Crippen molar-refractivity contribution in [3.05, 3.63) is 0 Å². The first-order chi connectivity index (χ1) is 6.27. The van der Waals surface area contributed by atoms with Gasteiger partial charge in [0.15, 0.2) is 0 Å². The Morgan fingerprint density at radius 3 is 2.36 bits per heavy atom. The van der Waals surface area contributed by atoms with E-state index in [0.717, 1.165) is 5.75 Å². The molecule has 0 aromatic carbocycles. The molecule has 4 heteroatoms. The molecule has 0 fully saturated rings. The lowest BCUT2D eigenvalue weighted by molar-refractivity contribution is -0.305. The van der Waals surface area contributed by atoms with Crippen LogP contribution in [0, 0.1) is 0 Å². The molecule has 0 aromatic rings. The SMILES string of the molecule is CCCCCCCSCCC(=O)[O-].[NH4+]. The zero-order chi connectivity index (χ0) is 9.94. The van der Waals surface area contributed by atoms with Crippen molar-refractivity contribution in [3.8, 4) is 0 Å². The van der Waals surface area contributed by atoms with Crippen LogP contribution in [0.3, 0.4) is 0 Å². The van der Waals surface area contributed by atoms with Crippen LogP contribution in [0.1, 0.15) is 45.4 Å². The highest BCUT2D eigenvalue weighted by atomic mass is 32.2. The van der Waals surface area contributed by atoms with Crippen molar-refractivity contribution >= 4 is 17.7 Å². The van der Waals surface area contributed by atoms with Gasteiger partial charge in [-0.1, -0.05) is 32.6 Å². The van der Waals surface area contributed by atoms with E-state index in [1.807, 2.05) is 0 Å². The smallest absolute Gasteiger partial charge is 0.0422 e. The van der Waals surface area contributed by atoms with Gasteiger partial charge in [-0.3, -0.25) is 0 Å². The molecule has 0 unspecified atom stereocenters. The Morgan fingerprint density at radius 1 is 1.14 bits per heavy atom. The van der Waals surface area contributed by atoms with E-state index in [4.69, 9.17) is 0 Å². The van der Waals surface area contributed by atoms with Crippen LogP contribution in [0.2, 0.25) is 0 Å². The van der Waals surface area contributed by atoms with Gasteiger partial charge >= 0.3 is 0 Å². The Kier molecular flexibility index (Phi) is 14.8. The number of quaternary nitrogens is 1. The van der Waals surface area contributed by atoms with Gasteiger partial charge in [0.1, 0.15) is 0 Å². The molecule has 4 N–H and O–H groups in total. The normalized spacial score (nSPS) is 9.50. The molecule has 86 valence electrons. The van der Waals surface area contributed by atoms with Crippen molar-refractivity contribution in [2.24, 2.45) is 0 Å². The maximum absolute atomic E-state index is 10.0. The molecule has 0 aliphatic carbocycles. The lowest BCUT2D eigenvalue weighted by atomic mass is 10.2. The summed E-state index contributed by atoms with van der Waals surface area (Å²) in [5, 5.41) is 10.0. The Bertz CT molecular complexity index is 131. The summed E-state index contributed by atoms with van der Waals surface area (Å²) in [6, 6.07) is 0. The van der Waals surface area contributed by atoms with E-state index in [0.29, 0.717) is 5.75 Å². The summed E-state index contributed by atoms with van der Waals surface area (Å²) >= 11 is 1.72. The number of aliphatic carboxylic acids is 1. The monoisotopic (exact) mass is 221 g/mol. The van der Waals surface area contributed by atoms with Crippen LogP contribution in [0.4, 0.5) is 0 Å². The number of hydrogen-bond acceptors (Lipinski definition) is 3. The third-order valence-corrected chi connectivity index (χ3v) is 2.91. The van der Waals surface area contributed by atoms with Crippen molar-refractivity contribution < 1.29 is 9.90 Å². The average Bonchev–Trinajstić information content (AvgIpc) is 2.09. The molecule has 0 rings (SSSR count). The van der Waals surface area contributed by atoms with Crippen molar-refractivity contribution in [1.29, 1.82) is 0 Å². The third kappa shape index (κ3) is 14.3. The standard InChI is InChI=1S/C10H20O2S.H3N/c1-2-3-4-5-6-8-13-9-7-10(11)12;/h2-9H2,1H3,(H,11,12);1H3. The van der Waals surface area contributed by atoms with Crippen LogP contribution in [0.15, 0.2) is 0 Å². The summed E-state index contributed by atoms with van der Waals surface area (Å²) in [5.74, 6) is 0.867. The van der Waals surface area contributed by atoms with Crippen molar-refractivity contribution in [3.63, 3.8) is 0 Å². The zero-order valence-corrected chi connectivity index (χ0v) is 10.2. The average molecular weight is 221 g/mol. The first-order valence-electron chi connectivity index (χ1n) is 5.05. The lowest BCUT2D eigenvalue weighted by Gasteiger charge is -2.02. The topological polar surface area (TPSA) is 76.6 Å². The third-order valence-electron chi connectivity index (χ3n) is 1.84. The number of unbranched alkanes of at least 4 members (excludes halogenated alkanes) is 4. The van der Waals surface area contributed by atoms with Crippen molar-refractivity contribution in [2.75, 3.05) is 11.5 Å². The minimum Gasteiger partial charge on any atom is -0.550 e. The minimum atomic E-state index is -0.932. The van der Waals surface area contributed by atoms with Gasteiger partial charge in [0.05, 0.1) is 0 Å². The van der Waals surface area contributed by atoms with Crippen molar-refractivity contribution in [1.82, 2.24) is 6.15 Å². The Balaban J connectivity index is 0. The second-order valence-corrected chi connectivity index (χ2v) is 4.37. The molecular weight excluding hydrogens is 198 g/mol. The Hall–Kier alpha value is -0.220. The fourth-order valence-electron chi connectivity index (χ4n) is 1.07. The summed E-state index contributed by atoms with van der Waals surface area (Å²) < 4.78 is 0. The largest absolute Gasteiger partial charge is 0.550 e. The molecule has 0 radical (unpaired) electrons. The number of thioether (sulfide) groups is 1. The van der Waals surface area contributed by atoms with Gasteiger partial charge in [0.25, 0.3) is 0 Å². The van der Waals surface area contributed by atoms with E-state index < -0.39 is 5.97 Å². The molecule has 0 heterocycles. The molecule has 14 heavy (non-hydrogen) atoms. The molecule has 0 bridgehead atoms. The molecule has 0 atom stereocenters. The van der Waals surface area contributed by atoms with Crippen LogP contribution in [-0.4, -0.2) is 17.5 Å². The first kappa shape index (κ1) is 16.2. The fourth-order valence-corrected chi connectivity index (χ4v) is 1.99. The number of carbonyl (C=O) groups is 1. The Labute approximate surface area is 91.2 Å². The van der Waals surface area contributed by atoms with Gasteiger partial charge in [0, 0.05) is 5.97 Å². The van der Waals surface area contributed by atoms with Gasteiger partial charge in [0.2, 0.25) is 0 Å². The fraction of sp³-hybridized carbons (Fsp3) is 0.900. The molecule has 0 saturated heterocycles. The second-order valence-electron chi connectivity index (χ2n) is 3.15. The van der Waals surface area contributed by atoms with Crippen molar-refractivity contribution in [2.45, 2.75) is 45.4 Å². The molecule has 0 spiro atoms. The van der Waals surface area contributed by atoms with E-state index in [9.17, 15) is 9.90 Å². The molecule has 0 aliphatic heterocycles. The molecule has 0 saturated carbocycles. The second kappa shape index (κ2) is 12.8. The molecular formula is C10H23NO2S. The molecule has 0 aromatic heterocycles. The highest BCUT2D eigenvalue weighted by molar-refractivity contribution is 7.99. The number of carboxylic acids is 1. The van der Waals surface area contributed by atoms with Gasteiger partial charge in [-0.2, -0.15) is 11.8 Å². The Morgan fingerprint density at radius 2 is 1.79 bits per heavy atom. The number of hydrogen-bond donors (Lipinski definition) is 1. The highest BCUT2D eigenvalue weighted by Gasteiger charge is 1.91. The number of carbonyl (C=O) groups excluding carboxylic acids is 1. The summed E-state index contributed by atoms with van der Waals surface area (Å²) in [5.41, 5.74) is 0. The van der Waals surface area contributed by atoms with E-state index in [1.54, 1.807) is 11.8 Å². The van der Waals surface area contributed by atoms with E-state index in [-0.39, 0.29) is 12.6 Å². The quantitative estimate of drug-likeness (QED) is 0.606. The van der Waals surface area contributed by atoms with Gasteiger partial charge < -0.3 is 16.1 Å². The van der Waals surface area contributed by atoms with Crippen LogP contribution in [0.5, 0.6) is 0 Å². The summed E-state index contributed by atoms with van der Waals surface area (Å²) in [7, 11) is 0. The molecule has 3 nitrogen and oxygen atoms in total. The van der Waals surface area contributed by atoms with Crippen LogP contribution < -0.4 is 11.3 Å². The molecule has 0 aliphatic rings. The maximum atomic E-state index is 10.0. The van der Waals surface area contributed by atoms with Gasteiger partial charge in [-0.25, -0.2) is 0 Å². The summed E-state index contributed by atoms with van der Waals surface area (Å²) in [6.07, 6.45) is 6.61. The van der Waals surface area contributed by atoms with Crippen LogP contribution in [-0.2, 0) is 4.79 Å². The highest BCUT2D eigenvalue weighted by Crippen LogP contribution is 2.09. The van der Waals surface area contributed by atoms with Gasteiger partial charge in [-0.15, -0.1) is 0 Å². The predicted molar refractivity (Wildman–Crippen MR) is 61.7 cm³/mol. The van der Waals surface area contributed by atoms with Crippen LogP contribution >= 0.6 is 11.8 Å². The summed E-state index contributed by atoms with van der Waals surface area (Å²) in [6.45, 7) is 2.20. The zero-order valence-electron chi connectivity index (χ0n) is 9.38. The lowest BCUT2D eigenvalue weighted by Crippen LogP contribution is -2.22. The molecule has 0 amide bonds. The maximum Gasteiger partial charge on any atom is 0.0422 e. The van der Waals surface area contributed by atoms with E-state index in [1.165, 1.54) is 32.1 Å². The minimum absolute atomic E-state index is 0. The number of rotatable bonds is 9.